The fourth-order valence-corrected chi connectivity index (χ4v) is 6.40. The van der Waals surface area contributed by atoms with Crippen molar-refractivity contribution in [2.45, 2.75) is 16.9 Å². The number of likely N-dealkylation sites (tertiary alicyclic amines) is 1. The van der Waals surface area contributed by atoms with Crippen LogP contribution in [0.25, 0.3) is 33.5 Å². The van der Waals surface area contributed by atoms with Gasteiger partial charge in [-0.25, -0.2) is 17.4 Å². The maximum atomic E-state index is 13.5. The fraction of sp³-hybridized carbons (Fsp3) is 0.179. The smallest absolute Gasteiger partial charge is 0.269 e. The van der Waals surface area contributed by atoms with Crippen molar-refractivity contribution < 1.29 is 18.3 Å². The van der Waals surface area contributed by atoms with Crippen molar-refractivity contribution in [2.75, 3.05) is 13.6 Å². The molecule has 1 N–H and O–H groups in total. The Kier molecular flexibility index (Phi) is 5.48. The first-order chi connectivity index (χ1) is 18.2. The van der Waals surface area contributed by atoms with Crippen LogP contribution in [0, 0.1) is 0 Å². The van der Waals surface area contributed by atoms with Gasteiger partial charge in [-0.05, 0) is 42.0 Å². The van der Waals surface area contributed by atoms with Crippen LogP contribution in [0.1, 0.15) is 12.0 Å². The molecule has 2 aromatic carbocycles. The Morgan fingerprint density at radius 3 is 2.50 bits per heavy atom. The summed E-state index contributed by atoms with van der Waals surface area (Å²) in [6.07, 6.45) is 3.44. The number of amides is 1. The van der Waals surface area contributed by atoms with E-state index in [0.717, 1.165) is 11.3 Å². The highest BCUT2D eigenvalue weighted by atomic mass is 32.2. The van der Waals surface area contributed by atoms with Crippen LogP contribution >= 0.6 is 0 Å². The van der Waals surface area contributed by atoms with Gasteiger partial charge in [0.15, 0.2) is 11.2 Å². The van der Waals surface area contributed by atoms with Gasteiger partial charge in [0.25, 0.3) is 15.9 Å². The summed E-state index contributed by atoms with van der Waals surface area (Å²) < 4.78 is 29.8. The second-order valence-electron chi connectivity index (χ2n) is 9.49. The van der Waals surface area contributed by atoms with Crippen LogP contribution in [0.4, 0.5) is 0 Å². The van der Waals surface area contributed by atoms with Gasteiger partial charge in [0.05, 0.1) is 16.3 Å². The zero-order valence-corrected chi connectivity index (χ0v) is 21.6. The van der Waals surface area contributed by atoms with Crippen LogP contribution < -0.4 is 0 Å². The second kappa shape index (κ2) is 8.64. The third kappa shape index (κ3) is 3.64. The maximum absolute atomic E-state index is 13.5. The summed E-state index contributed by atoms with van der Waals surface area (Å²) in [5, 5.41) is 16.5. The van der Waals surface area contributed by atoms with Crippen LogP contribution in [0.15, 0.2) is 90.1 Å². The Morgan fingerprint density at radius 2 is 1.76 bits per heavy atom. The molecule has 192 valence electrons. The highest BCUT2D eigenvalue weighted by Gasteiger charge is 2.45. The van der Waals surface area contributed by atoms with Crippen LogP contribution in [-0.2, 0) is 27.5 Å². The number of pyridine rings is 1. The lowest BCUT2D eigenvalue weighted by Gasteiger charge is -2.21. The molecule has 0 bridgehead atoms. The standard InChI is InChI=1S/C28H25N5O4S/c1-31-15-13-28(35,27(31)34)20-9-6-8-19(16-20)25-17-24(30-32(25)2)23-18-33(26-22(23)12-7-14-29-26)38(36,37)21-10-4-3-5-11-21/h3-12,14,16-18,35H,13,15H2,1-2H3/t28-/m1/s1. The van der Waals surface area contributed by atoms with Crippen LogP contribution in [0.2, 0.25) is 0 Å². The highest BCUT2D eigenvalue weighted by Crippen LogP contribution is 2.37. The molecular weight excluding hydrogens is 502 g/mol. The Balaban J connectivity index is 1.46. The van der Waals surface area contributed by atoms with E-state index in [9.17, 15) is 18.3 Å². The normalized spacial score (nSPS) is 18.0. The molecule has 1 amide bonds. The van der Waals surface area contributed by atoms with Gasteiger partial charge in [-0.2, -0.15) is 5.10 Å². The lowest BCUT2D eigenvalue weighted by molar-refractivity contribution is -0.143. The number of likely N-dealkylation sites (N-methyl/N-ethyl adjacent to an activating group) is 1. The minimum atomic E-state index is -3.88. The number of carbonyl (C=O) groups excluding carboxylic acids is 1. The molecule has 0 radical (unpaired) electrons. The van der Waals surface area contributed by atoms with E-state index in [-0.39, 0.29) is 10.8 Å². The van der Waals surface area contributed by atoms with E-state index >= 15 is 0 Å². The van der Waals surface area contributed by atoms with Gasteiger partial charge >= 0.3 is 0 Å². The summed E-state index contributed by atoms with van der Waals surface area (Å²) in [5.41, 5.74) is 2.00. The number of rotatable bonds is 5. The van der Waals surface area contributed by atoms with E-state index in [1.54, 1.807) is 73.6 Å². The third-order valence-electron chi connectivity index (χ3n) is 7.13. The Labute approximate surface area is 219 Å². The molecule has 1 saturated heterocycles. The van der Waals surface area contributed by atoms with E-state index in [2.05, 4.69) is 4.98 Å². The topological polar surface area (TPSA) is 110 Å². The number of hydrogen-bond donors (Lipinski definition) is 1. The van der Waals surface area contributed by atoms with E-state index < -0.39 is 15.6 Å². The van der Waals surface area contributed by atoms with Gasteiger partial charge in [-0.3, -0.25) is 9.48 Å². The van der Waals surface area contributed by atoms with Crippen molar-refractivity contribution in [1.82, 2.24) is 23.6 Å². The van der Waals surface area contributed by atoms with E-state index in [4.69, 9.17) is 5.10 Å². The molecule has 5 aromatic rings. The summed E-state index contributed by atoms with van der Waals surface area (Å²) >= 11 is 0. The summed E-state index contributed by atoms with van der Waals surface area (Å²) in [6.45, 7) is 0.486. The van der Waals surface area contributed by atoms with Crippen molar-refractivity contribution in [2.24, 2.45) is 7.05 Å². The van der Waals surface area contributed by atoms with Crippen LogP contribution in [0.5, 0.6) is 0 Å². The van der Waals surface area contributed by atoms with E-state index in [1.165, 1.54) is 8.87 Å². The number of benzene rings is 2. The fourth-order valence-electron chi connectivity index (χ4n) is 5.05. The second-order valence-corrected chi connectivity index (χ2v) is 11.3. The molecule has 1 aliphatic rings. The Hall–Kier alpha value is -4.28. The molecular formula is C28H25N5O4S. The van der Waals surface area contributed by atoms with Gasteiger partial charge in [-0.15, -0.1) is 0 Å². The first-order valence-electron chi connectivity index (χ1n) is 12.1. The SMILES string of the molecule is CN1CC[C@@](O)(c2cccc(-c3cc(-c4cn(S(=O)(=O)c5ccccc5)c5ncccc45)nn3C)c2)C1=O. The number of aryl methyl sites for hydroxylation is 1. The van der Waals surface area contributed by atoms with Gasteiger partial charge in [0, 0.05) is 56.0 Å². The third-order valence-corrected chi connectivity index (χ3v) is 8.80. The zero-order chi connectivity index (χ0) is 26.7. The molecule has 1 fully saturated rings. The lowest BCUT2D eigenvalue weighted by atomic mass is 9.90. The van der Waals surface area contributed by atoms with E-state index in [0.29, 0.717) is 40.8 Å². The molecule has 3 aromatic heterocycles. The molecule has 0 saturated carbocycles. The van der Waals surface area contributed by atoms with Crippen molar-refractivity contribution in [1.29, 1.82) is 0 Å². The number of aliphatic hydroxyl groups is 1. The highest BCUT2D eigenvalue weighted by molar-refractivity contribution is 7.90. The molecule has 0 aliphatic carbocycles. The maximum Gasteiger partial charge on any atom is 0.269 e. The number of hydrogen-bond acceptors (Lipinski definition) is 6. The Bertz CT molecular complexity index is 1810. The minimum Gasteiger partial charge on any atom is -0.375 e. The number of fused-ring (bicyclic) bond motifs is 1. The quantitative estimate of drug-likeness (QED) is 0.375. The summed E-state index contributed by atoms with van der Waals surface area (Å²) in [5.74, 6) is -0.319. The monoisotopic (exact) mass is 527 g/mol. The minimum absolute atomic E-state index is 0.165. The zero-order valence-electron chi connectivity index (χ0n) is 20.8. The largest absolute Gasteiger partial charge is 0.375 e. The number of nitrogens with zero attached hydrogens (tertiary/aromatic N) is 5. The summed E-state index contributed by atoms with van der Waals surface area (Å²) in [6, 6.07) is 20.9. The van der Waals surface area contributed by atoms with Gasteiger partial charge in [0.2, 0.25) is 0 Å². The van der Waals surface area contributed by atoms with Gasteiger partial charge in [0.1, 0.15) is 0 Å². The van der Waals surface area contributed by atoms with Crippen molar-refractivity contribution in [3.8, 4) is 22.5 Å². The molecule has 38 heavy (non-hydrogen) atoms. The van der Waals surface area contributed by atoms with Gasteiger partial charge < -0.3 is 10.0 Å². The number of carbonyl (C=O) groups is 1. The van der Waals surface area contributed by atoms with Crippen molar-refractivity contribution >= 4 is 27.0 Å². The molecule has 1 atom stereocenters. The van der Waals surface area contributed by atoms with Crippen LogP contribution in [0.3, 0.4) is 0 Å². The first-order valence-corrected chi connectivity index (χ1v) is 13.5. The molecule has 10 heteroatoms. The molecule has 1 aliphatic heterocycles. The van der Waals surface area contributed by atoms with E-state index in [1.807, 2.05) is 30.3 Å². The Morgan fingerprint density at radius 1 is 0.974 bits per heavy atom. The van der Waals surface area contributed by atoms with Crippen LogP contribution in [-0.4, -0.2) is 56.7 Å². The number of aromatic nitrogens is 4. The average molecular weight is 528 g/mol. The van der Waals surface area contributed by atoms with Gasteiger partial charge in [-0.1, -0.05) is 36.4 Å². The first kappa shape index (κ1) is 24.1. The summed E-state index contributed by atoms with van der Waals surface area (Å²) in [4.78, 5) is 18.7. The molecule has 0 spiro atoms. The van der Waals surface area contributed by atoms with Crippen molar-refractivity contribution in [3.63, 3.8) is 0 Å². The van der Waals surface area contributed by atoms with Crippen molar-refractivity contribution in [3.05, 3.63) is 90.8 Å². The molecule has 9 nitrogen and oxygen atoms in total. The summed E-state index contributed by atoms with van der Waals surface area (Å²) in [7, 11) is -0.404. The lowest BCUT2D eigenvalue weighted by Crippen LogP contribution is -2.36. The molecule has 6 rings (SSSR count). The average Bonchev–Trinajstić information content (AvgIpc) is 3.60. The predicted molar refractivity (Wildman–Crippen MR) is 143 cm³/mol. The molecule has 4 heterocycles. The predicted octanol–water partition coefficient (Wildman–Crippen LogP) is 3.39. The molecule has 0 unspecified atom stereocenters.